The Labute approximate surface area is 187 Å². The van der Waals surface area contributed by atoms with Gasteiger partial charge in [-0.2, -0.15) is 5.26 Å². The van der Waals surface area contributed by atoms with Crippen molar-refractivity contribution in [2.45, 2.75) is 12.5 Å². The number of nitrogens with zero attached hydrogens (tertiary/aromatic N) is 1. The van der Waals surface area contributed by atoms with Crippen LogP contribution < -0.4 is 0 Å². The van der Waals surface area contributed by atoms with Gasteiger partial charge >= 0.3 is 11.9 Å². The summed E-state index contributed by atoms with van der Waals surface area (Å²) in [4.78, 5) is 22.2. The van der Waals surface area contributed by atoms with Crippen molar-refractivity contribution in [3.63, 3.8) is 0 Å². The first kappa shape index (κ1) is 23.8. The summed E-state index contributed by atoms with van der Waals surface area (Å²) in [6, 6.07) is 30.8. The molecular formula is C27H23NO4. The molecule has 0 spiro atoms. The standard InChI is InChI=1S/C23H20O2.C4H3NO2/c1-18(2)22(24)25-23(19-12-6-3-7-13-19,20-14-8-4-9-15-20)21-16-10-5-11-17-21;1-3(2-5)4(6)7/h3-17H,1H2,2H3;1H2,(H,6,7). The Hall–Kier alpha value is -4.43. The van der Waals surface area contributed by atoms with Crippen LogP contribution in [0.4, 0.5) is 0 Å². The number of aliphatic carboxylic acids is 1. The van der Waals surface area contributed by atoms with E-state index in [4.69, 9.17) is 15.1 Å². The molecule has 0 bridgehead atoms. The van der Waals surface area contributed by atoms with Gasteiger partial charge in [-0.15, -0.1) is 0 Å². The van der Waals surface area contributed by atoms with Crippen LogP contribution in [0.5, 0.6) is 0 Å². The van der Waals surface area contributed by atoms with Crippen LogP contribution in [0.15, 0.2) is 115 Å². The molecule has 0 aromatic heterocycles. The average Bonchev–Trinajstić information content (AvgIpc) is 2.83. The van der Waals surface area contributed by atoms with E-state index in [1.807, 2.05) is 91.0 Å². The number of carboxylic acids is 1. The van der Waals surface area contributed by atoms with E-state index in [9.17, 15) is 9.59 Å². The van der Waals surface area contributed by atoms with Crippen molar-refractivity contribution in [1.29, 1.82) is 5.26 Å². The largest absolute Gasteiger partial charge is 0.477 e. The third kappa shape index (κ3) is 5.59. The van der Waals surface area contributed by atoms with Crippen molar-refractivity contribution in [1.82, 2.24) is 0 Å². The zero-order valence-electron chi connectivity index (χ0n) is 17.7. The lowest BCUT2D eigenvalue weighted by Crippen LogP contribution is -2.35. The van der Waals surface area contributed by atoms with Gasteiger partial charge in [0, 0.05) is 22.3 Å². The molecule has 0 heterocycles. The smallest absolute Gasteiger partial charge is 0.345 e. The number of ether oxygens (including phenoxy) is 1. The molecule has 0 amide bonds. The van der Waals surface area contributed by atoms with E-state index < -0.39 is 23.1 Å². The normalized spacial score (nSPS) is 10.0. The highest BCUT2D eigenvalue weighted by atomic mass is 16.6. The van der Waals surface area contributed by atoms with Gasteiger partial charge in [-0.05, 0) is 6.92 Å². The van der Waals surface area contributed by atoms with Crippen LogP contribution in [0.2, 0.25) is 0 Å². The summed E-state index contributed by atoms with van der Waals surface area (Å²) in [7, 11) is 0. The molecule has 0 radical (unpaired) electrons. The Morgan fingerprint density at radius 3 is 1.38 bits per heavy atom. The van der Waals surface area contributed by atoms with Gasteiger partial charge in [0.25, 0.3) is 0 Å². The maximum Gasteiger partial charge on any atom is 0.345 e. The van der Waals surface area contributed by atoms with Gasteiger partial charge in [0.1, 0.15) is 11.6 Å². The molecule has 3 aromatic carbocycles. The molecule has 32 heavy (non-hydrogen) atoms. The second-order valence-electron chi connectivity index (χ2n) is 6.84. The SMILES string of the molecule is C=C(C#N)C(=O)O.C=C(C)C(=O)OC(c1ccccc1)(c1ccccc1)c1ccccc1. The summed E-state index contributed by atoms with van der Waals surface area (Å²) < 4.78 is 6.12. The molecule has 3 aromatic rings. The van der Waals surface area contributed by atoms with Crippen molar-refractivity contribution >= 4 is 11.9 Å². The maximum absolute atomic E-state index is 12.6. The molecule has 0 atom stereocenters. The van der Waals surface area contributed by atoms with Gasteiger partial charge in [-0.25, -0.2) is 9.59 Å². The quantitative estimate of drug-likeness (QED) is 0.252. The molecule has 0 aliphatic rings. The summed E-state index contributed by atoms with van der Waals surface area (Å²) >= 11 is 0. The lowest BCUT2D eigenvalue weighted by molar-refractivity contribution is -0.148. The predicted octanol–water partition coefficient (Wildman–Crippen LogP) is 5.25. The summed E-state index contributed by atoms with van der Waals surface area (Å²) in [6.45, 7) is 8.32. The summed E-state index contributed by atoms with van der Waals surface area (Å²) in [6.07, 6.45) is 0. The lowest BCUT2D eigenvalue weighted by atomic mass is 9.80. The Bertz CT molecular complexity index is 1030. The van der Waals surface area contributed by atoms with Crippen LogP contribution in [0.1, 0.15) is 23.6 Å². The summed E-state index contributed by atoms with van der Waals surface area (Å²) in [5, 5.41) is 15.6. The van der Waals surface area contributed by atoms with Crippen LogP contribution in [0.3, 0.4) is 0 Å². The van der Waals surface area contributed by atoms with Crippen molar-refractivity contribution in [3.8, 4) is 6.07 Å². The number of esters is 1. The third-order valence-electron chi connectivity index (χ3n) is 4.53. The third-order valence-corrected chi connectivity index (χ3v) is 4.53. The Morgan fingerprint density at radius 1 is 0.812 bits per heavy atom. The fourth-order valence-corrected chi connectivity index (χ4v) is 2.97. The number of carbonyl (C=O) groups excluding carboxylic acids is 1. The van der Waals surface area contributed by atoms with Crippen LogP contribution in [-0.2, 0) is 19.9 Å². The van der Waals surface area contributed by atoms with Gasteiger partial charge < -0.3 is 9.84 Å². The van der Waals surface area contributed by atoms with Gasteiger partial charge in [-0.3, -0.25) is 0 Å². The Morgan fingerprint density at radius 2 is 1.16 bits per heavy atom. The molecule has 0 saturated heterocycles. The number of benzene rings is 3. The minimum Gasteiger partial charge on any atom is -0.477 e. The minimum absolute atomic E-state index is 0.368. The second-order valence-corrected chi connectivity index (χ2v) is 6.84. The number of carboxylic acid groups (broad SMARTS) is 1. The van der Waals surface area contributed by atoms with E-state index in [0.717, 1.165) is 16.7 Å². The van der Waals surface area contributed by atoms with E-state index in [1.54, 1.807) is 6.92 Å². The zero-order valence-corrected chi connectivity index (χ0v) is 17.7. The summed E-state index contributed by atoms with van der Waals surface area (Å²) in [5.74, 6) is -1.68. The van der Waals surface area contributed by atoms with Crippen molar-refractivity contribution in [2.24, 2.45) is 0 Å². The molecule has 0 unspecified atom stereocenters. The molecule has 5 heteroatoms. The molecule has 160 valence electrons. The van der Waals surface area contributed by atoms with Crippen LogP contribution in [-0.4, -0.2) is 17.0 Å². The monoisotopic (exact) mass is 425 g/mol. The molecule has 5 nitrogen and oxygen atoms in total. The molecule has 0 aliphatic heterocycles. The zero-order chi connectivity index (χ0) is 23.6. The predicted molar refractivity (Wildman–Crippen MR) is 123 cm³/mol. The number of rotatable bonds is 6. The highest BCUT2D eigenvalue weighted by Crippen LogP contribution is 2.40. The number of hydrogen-bond acceptors (Lipinski definition) is 4. The van der Waals surface area contributed by atoms with Gasteiger partial charge in [0.15, 0.2) is 5.60 Å². The average molecular weight is 425 g/mol. The van der Waals surface area contributed by atoms with E-state index in [0.29, 0.717) is 5.57 Å². The topological polar surface area (TPSA) is 87.4 Å². The highest BCUT2D eigenvalue weighted by molar-refractivity contribution is 5.90. The fourth-order valence-electron chi connectivity index (χ4n) is 2.97. The number of hydrogen-bond donors (Lipinski definition) is 1. The van der Waals surface area contributed by atoms with Gasteiger partial charge in [0.2, 0.25) is 0 Å². The number of carbonyl (C=O) groups is 2. The first-order chi connectivity index (χ1) is 15.3. The molecule has 1 N–H and O–H groups in total. The van der Waals surface area contributed by atoms with Crippen LogP contribution in [0.25, 0.3) is 0 Å². The Balaban J connectivity index is 0.000000451. The van der Waals surface area contributed by atoms with Crippen LogP contribution >= 0.6 is 0 Å². The van der Waals surface area contributed by atoms with Crippen molar-refractivity contribution < 1.29 is 19.4 Å². The lowest BCUT2D eigenvalue weighted by Gasteiger charge is -2.35. The van der Waals surface area contributed by atoms with Gasteiger partial charge in [-0.1, -0.05) is 104 Å². The van der Waals surface area contributed by atoms with Crippen LogP contribution in [0, 0.1) is 11.3 Å². The van der Waals surface area contributed by atoms with E-state index >= 15 is 0 Å². The highest BCUT2D eigenvalue weighted by Gasteiger charge is 2.40. The second kappa shape index (κ2) is 11.1. The molecule has 0 aliphatic carbocycles. The number of nitriles is 1. The van der Waals surface area contributed by atoms with E-state index in [-0.39, 0.29) is 0 Å². The molecule has 0 saturated carbocycles. The fraction of sp³-hybridized carbons (Fsp3) is 0.0741. The summed E-state index contributed by atoms with van der Waals surface area (Å²) in [5.41, 5.74) is 1.58. The van der Waals surface area contributed by atoms with Crippen molar-refractivity contribution in [3.05, 3.63) is 132 Å². The van der Waals surface area contributed by atoms with Gasteiger partial charge in [0.05, 0.1) is 0 Å². The maximum atomic E-state index is 12.6. The molecule has 0 fully saturated rings. The molecular weight excluding hydrogens is 402 g/mol. The molecule has 3 rings (SSSR count). The first-order valence-electron chi connectivity index (χ1n) is 9.70. The van der Waals surface area contributed by atoms with E-state index in [2.05, 4.69) is 13.2 Å². The first-order valence-corrected chi connectivity index (χ1v) is 9.70. The minimum atomic E-state index is -1.26. The van der Waals surface area contributed by atoms with Crippen molar-refractivity contribution in [2.75, 3.05) is 0 Å². The van der Waals surface area contributed by atoms with E-state index in [1.165, 1.54) is 6.07 Å². The Kier molecular flexibility index (Phi) is 8.27.